The van der Waals surface area contributed by atoms with Crippen molar-refractivity contribution >= 4 is 0 Å². The van der Waals surface area contributed by atoms with Gasteiger partial charge in [0.25, 0.3) is 0 Å². The highest BCUT2D eigenvalue weighted by atomic mass is 16.5. The molecule has 0 saturated heterocycles. The van der Waals surface area contributed by atoms with Gasteiger partial charge in [0.15, 0.2) is 0 Å². The van der Waals surface area contributed by atoms with Gasteiger partial charge in [0.05, 0.1) is 12.8 Å². The zero-order valence-electron chi connectivity index (χ0n) is 11.9. The van der Waals surface area contributed by atoms with Crippen molar-refractivity contribution in [3.8, 4) is 5.88 Å². The molecule has 0 aliphatic rings. The molecule has 0 radical (unpaired) electrons. The molecule has 1 atom stereocenters. The number of methoxy groups -OCH3 is 1. The number of nitrogens with zero attached hydrogens (tertiary/aromatic N) is 2. The summed E-state index contributed by atoms with van der Waals surface area (Å²) in [6.07, 6.45) is 1.01. The summed E-state index contributed by atoms with van der Waals surface area (Å²) in [4.78, 5) is 6.64. The molecule has 0 amide bonds. The molecule has 1 aromatic rings. The standard InChI is InChI=1S/C14H25N3O/c1-11(2)13(15)8-9-17(3)10-12-6-5-7-14(16-12)18-4/h5-7,11,13H,8-10,15H2,1-4H3. The summed E-state index contributed by atoms with van der Waals surface area (Å²) >= 11 is 0. The molecule has 2 N–H and O–H groups in total. The number of ether oxygens (including phenoxy) is 1. The lowest BCUT2D eigenvalue weighted by molar-refractivity contribution is 0.291. The van der Waals surface area contributed by atoms with Gasteiger partial charge < -0.3 is 15.4 Å². The molecule has 1 rings (SSSR count). The molecule has 0 aromatic carbocycles. The second-order valence-corrected chi connectivity index (χ2v) is 5.11. The van der Waals surface area contributed by atoms with E-state index in [0.29, 0.717) is 11.8 Å². The van der Waals surface area contributed by atoms with Gasteiger partial charge in [-0.05, 0) is 32.0 Å². The number of rotatable bonds is 7. The van der Waals surface area contributed by atoms with Crippen molar-refractivity contribution in [3.05, 3.63) is 23.9 Å². The fourth-order valence-corrected chi connectivity index (χ4v) is 1.72. The van der Waals surface area contributed by atoms with Crippen LogP contribution in [0.1, 0.15) is 26.0 Å². The highest BCUT2D eigenvalue weighted by Gasteiger charge is 2.09. The quantitative estimate of drug-likeness (QED) is 0.804. The third-order valence-electron chi connectivity index (χ3n) is 3.12. The number of pyridine rings is 1. The van der Waals surface area contributed by atoms with Crippen molar-refractivity contribution in [3.63, 3.8) is 0 Å². The van der Waals surface area contributed by atoms with Crippen LogP contribution in [0.25, 0.3) is 0 Å². The van der Waals surface area contributed by atoms with Crippen molar-refractivity contribution < 1.29 is 4.74 Å². The summed E-state index contributed by atoms with van der Waals surface area (Å²) in [6, 6.07) is 6.11. The lowest BCUT2D eigenvalue weighted by atomic mass is 10.0. The second-order valence-electron chi connectivity index (χ2n) is 5.11. The van der Waals surface area contributed by atoms with Crippen molar-refractivity contribution in [1.82, 2.24) is 9.88 Å². The Morgan fingerprint density at radius 3 is 2.72 bits per heavy atom. The van der Waals surface area contributed by atoms with Crippen molar-refractivity contribution in [2.24, 2.45) is 11.7 Å². The average molecular weight is 251 g/mol. The van der Waals surface area contributed by atoms with Crippen molar-refractivity contribution in [2.75, 3.05) is 20.7 Å². The molecule has 0 aliphatic heterocycles. The lowest BCUT2D eigenvalue weighted by Crippen LogP contribution is -2.31. The molecule has 1 aromatic heterocycles. The SMILES string of the molecule is COc1cccc(CN(C)CCC(N)C(C)C)n1. The van der Waals surface area contributed by atoms with Crippen LogP contribution in [0.4, 0.5) is 0 Å². The summed E-state index contributed by atoms with van der Waals surface area (Å²) in [7, 11) is 3.73. The Bertz CT molecular complexity index is 355. The highest BCUT2D eigenvalue weighted by molar-refractivity contribution is 5.15. The third-order valence-corrected chi connectivity index (χ3v) is 3.12. The van der Waals surface area contributed by atoms with E-state index in [1.807, 2.05) is 18.2 Å². The number of nitrogens with two attached hydrogens (primary N) is 1. The number of hydrogen-bond donors (Lipinski definition) is 1. The van der Waals surface area contributed by atoms with Gasteiger partial charge in [-0.3, -0.25) is 0 Å². The third kappa shape index (κ3) is 5.02. The zero-order chi connectivity index (χ0) is 13.5. The molecule has 4 nitrogen and oxygen atoms in total. The maximum absolute atomic E-state index is 6.04. The Kier molecular flexibility index (Phi) is 6.09. The van der Waals surface area contributed by atoms with E-state index in [4.69, 9.17) is 10.5 Å². The molecule has 18 heavy (non-hydrogen) atoms. The first-order valence-corrected chi connectivity index (χ1v) is 6.47. The van der Waals surface area contributed by atoms with Gasteiger partial charge in [-0.15, -0.1) is 0 Å². The van der Waals surface area contributed by atoms with Gasteiger partial charge in [-0.1, -0.05) is 19.9 Å². The summed E-state index contributed by atoms with van der Waals surface area (Å²) in [5.41, 5.74) is 7.06. The summed E-state index contributed by atoms with van der Waals surface area (Å²) in [5.74, 6) is 1.20. The molecule has 0 aliphatic carbocycles. The molecule has 4 heteroatoms. The minimum absolute atomic E-state index is 0.269. The Labute approximate surface area is 110 Å². The van der Waals surface area contributed by atoms with E-state index in [9.17, 15) is 0 Å². The molecule has 102 valence electrons. The van der Waals surface area contributed by atoms with Crippen LogP contribution >= 0.6 is 0 Å². The summed E-state index contributed by atoms with van der Waals surface area (Å²) in [5, 5.41) is 0. The normalized spacial score (nSPS) is 13.1. The summed E-state index contributed by atoms with van der Waals surface area (Å²) in [6.45, 7) is 6.13. The fraction of sp³-hybridized carbons (Fsp3) is 0.643. The van der Waals surface area contributed by atoms with Gasteiger partial charge >= 0.3 is 0 Å². The molecule has 0 bridgehead atoms. The summed E-state index contributed by atoms with van der Waals surface area (Å²) < 4.78 is 5.12. The van der Waals surface area contributed by atoms with E-state index in [1.54, 1.807) is 7.11 Å². The van der Waals surface area contributed by atoms with Crippen LogP contribution in [0.3, 0.4) is 0 Å². The van der Waals surface area contributed by atoms with E-state index in [0.717, 1.165) is 25.2 Å². The van der Waals surface area contributed by atoms with Gasteiger partial charge in [0.1, 0.15) is 0 Å². The van der Waals surface area contributed by atoms with E-state index in [-0.39, 0.29) is 6.04 Å². The Balaban J connectivity index is 2.41. The largest absolute Gasteiger partial charge is 0.481 e. The Morgan fingerprint density at radius 1 is 1.39 bits per heavy atom. The number of aromatic nitrogens is 1. The van der Waals surface area contributed by atoms with Crippen LogP contribution < -0.4 is 10.5 Å². The van der Waals surface area contributed by atoms with Gasteiger partial charge in [-0.25, -0.2) is 4.98 Å². The van der Waals surface area contributed by atoms with Gasteiger partial charge in [-0.2, -0.15) is 0 Å². The average Bonchev–Trinajstić information content (AvgIpc) is 2.36. The van der Waals surface area contributed by atoms with Crippen molar-refractivity contribution in [2.45, 2.75) is 32.9 Å². The molecular formula is C14H25N3O. The van der Waals surface area contributed by atoms with Crippen LogP contribution in [0.2, 0.25) is 0 Å². The van der Waals surface area contributed by atoms with Crippen LogP contribution in [0.15, 0.2) is 18.2 Å². The smallest absolute Gasteiger partial charge is 0.213 e. The second kappa shape index (κ2) is 7.34. The van der Waals surface area contributed by atoms with E-state index in [1.165, 1.54) is 0 Å². The maximum Gasteiger partial charge on any atom is 0.213 e. The van der Waals surface area contributed by atoms with Crippen LogP contribution in [-0.4, -0.2) is 36.6 Å². The highest BCUT2D eigenvalue weighted by Crippen LogP contribution is 2.09. The molecule has 1 heterocycles. The molecule has 0 saturated carbocycles. The lowest BCUT2D eigenvalue weighted by Gasteiger charge is -2.21. The van der Waals surface area contributed by atoms with Crippen LogP contribution in [0, 0.1) is 5.92 Å². The Hall–Kier alpha value is -1.13. The minimum Gasteiger partial charge on any atom is -0.481 e. The predicted octanol–water partition coefficient (Wildman–Crippen LogP) is 1.90. The van der Waals surface area contributed by atoms with E-state index < -0.39 is 0 Å². The monoisotopic (exact) mass is 251 g/mol. The van der Waals surface area contributed by atoms with Crippen molar-refractivity contribution in [1.29, 1.82) is 0 Å². The van der Waals surface area contributed by atoms with E-state index in [2.05, 4.69) is 30.8 Å². The number of hydrogen-bond acceptors (Lipinski definition) is 4. The van der Waals surface area contributed by atoms with Crippen LogP contribution in [-0.2, 0) is 6.54 Å². The van der Waals surface area contributed by atoms with Crippen LogP contribution in [0.5, 0.6) is 5.88 Å². The fourth-order valence-electron chi connectivity index (χ4n) is 1.72. The molecule has 0 fully saturated rings. The molecule has 0 spiro atoms. The minimum atomic E-state index is 0.269. The first-order valence-electron chi connectivity index (χ1n) is 6.47. The van der Waals surface area contributed by atoms with Gasteiger partial charge in [0.2, 0.25) is 5.88 Å². The first-order chi connectivity index (χ1) is 8.52. The Morgan fingerprint density at radius 2 is 2.11 bits per heavy atom. The van der Waals surface area contributed by atoms with E-state index >= 15 is 0 Å². The van der Waals surface area contributed by atoms with Gasteiger partial charge in [0, 0.05) is 18.7 Å². The predicted molar refractivity (Wildman–Crippen MR) is 74.6 cm³/mol. The topological polar surface area (TPSA) is 51.4 Å². The maximum atomic E-state index is 6.04. The first kappa shape index (κ1) is 14.9. The molecule has 1 unspecified atom stereocenters. The molecular weight excluding hydrogens is 226 g/mol. The zero-order valence-corrected chi connectivity index (χ0v) is 11.9.